The first kappa shape index (κ1) is 19.7. The molecule has 0 bridgehead atoms. The van der Waals surface area contributed by atoms with Gasteiger partial charge in [0.05, 0.1) is 18.2 Å². The number of ether oxygens (including phenoxy) is 1. The monoisotopic (exact) mass is 384 g/mol. The summed E-state index contributed by atoms with van der Waals surface area (Å²) in [6, 6.07) is 12.9. The van der Waals surface area contributed by atoms with E-state index in [9.17, 15) is 14.4 Å². The Bertz CT molecular complexity index is 809. The molecule has 7 heteroatoms. The van der Waals surface area contributed by atoms with Crippen molar-refractivity contribution in [1.82, 2.24) is 10.2 Å². The van der Waals surface area contributed by atoms with E-state index in [1.807, 2.05) is 30.3 Å². The van der Waals surface area contributed by atoms with Crippen molar-refractivity contribution in [1.29, 1.82) is 0 Å². The van der Waals surface area contributed by atoms with Gasteiger partial charge < -0.3 is 19.4 Å². The van der Waals surface area contributed by atoms with Crippen molar-refractivity contribution < 1.29 is 23.5 Å². The molecule has 1 N–H and O–H groups in total. The van der Waals surface area contributed by atoms with Gasteiger partial charge in [-0.1, -0.05) is 30.3 Å². The highest BCUT2D eigenvalue weighted by Crippen LogP contribution is 2.37. The van der Waals surface area contributed by atoms with Crippen LogP contribution in [0.25, 0.3) is 0 Å². The lowest BCUT2D eigenvalue weighted by Crippen LogP contribution is -2.49. The number of furan rings is 1. The summed E-state index contributed by atoms with van der Waals surface area (Å²) in [6.45, 7) is 2.36. The minimum Gasteiger partial charge on any atom is -0.467 e. The van der Waals surface area contributed by atoms with E-state index >= 15 is 0 Å². The van der Waals surface area contributed by atoms with Gasteiger partial charge in [0, 0.05) is 20.0 Å². The van der Waals surface area contributed by atoms with Gasteiger partial charge in [0.1, 0.15) is 5.76 Å². The van der Waals surface area contributed by atoms with E-state index in [0.29, 0.717) is 31.7 Å². The molecule has 1 aliphatic rings. The largest absolute Gasteiger partial charge is 0.467 e. The lowest BCUT2D eigenvalue weighted by Gasteiger charge is -2.40. The summed E-state index contributed by atoms with van der Waals surface area (Å²) in [5.41, 5.74) is -0.00620. The second-order valence-electron chi connectivity index (χ2n) is 6.89. The fourth-order valence-electron chi connectivity index (χ4n) is 3.49. The van der Waals surface area contributed by atoms with Crippen LogP contribution in [0.4, 0.5) is 0 Å². The maximum Gasteiger partial charge on any atom is 0.317 e. The van der Waals surface area contributed by atoms with Crippen LogP contribution in [-0.2, 0) is 31.1 Å². The zero-order chi connectivity index (χ0) is 20.0. The van der Waals surface area contributed by atoms with Gasteiger partial charge in [-0.05, 0) is 30.5 Å². The van der Waals surface area contributed by atoms with Gasteiger partial charge in [-0.3, -0.25) is 14.4 Å². The maximum absolute atomic E-state index is 13.0. The first-order chi connectivity index (χ1) is 13.5. The SMILES string of the molecule is CC(=O)N1CCC(C(=O)OCC(=O)NCc2ccco2)(c2ccccc2)CC1. The van der Waals surface area contributed by atoms with E-state index in [4.69, 9.17) is 9.15 Å². The Balaban J connectivity index is 1.64. The van der Waals surface area contributed by atoms with Crippen molar-refractivity contribution in [3.8, 4) is 0 Å². The van der Waals surface area contributed by atoms with Crippen LogP contribution < -0.4 is 5.32 Å². The first-order valence-electron chi connectivity index (χ1n) is 9.28. The molecule has 1 aliphatic heterocycles. The molecule has 0 spiro atoms. The van der Waals surface area contributed by atoms with Gasteiger partial charge in [-0.15, -0.1) is 0 Å². The van der Waals surface area contributed by atoms with Crippen molar-refractivity contribution in [3.63, 3.8) is 0 Å². The standard InChI is InChI=1S/C21H24N2O5/c1-16(24)23-11-9-21(10-12-23,17-6-3-2-4-7-17)20(26)28-15-19(25)22-14-18-8-5-13-27-18/h2-8,13H,9-12,14-15H2,1H3,(H,22,25). The number of hydrogen-bond donors (Lipinski definition) is 1. The number of likely N-dealkylation sites (tertiary alicyclic amines) is 1. The molecule has 7 nitrogen and oxygen atoms in total. The Hall–Kier alpha value is -3.09. The lowest BCUT2D eigenvalue weighted by molar-refractivity contribution is -0.157. The molecule has 0 unspecified atom stereocenters. The van der Waals surface area contributed by atoms with Gasteiger partial charge in [-0.25, -0.2) is 0 Å². The van der Waals surface area contributed by atoms with Crippen LogP contribution in [0.3, 0.4) is 0 Å². The highest BCUT2D eigenvalue weighted by molar-refractivity contribution is 5.87. The number of nitrogens with zero attached hydrogens (tertiary/aromatic N) is 1. The quantitative estimate of drug-likeness (QED) is 0.770. The van der Waals surface area contributed by atoms with Crippen LogP contribution >= 0.6 is 0 Å². The third kappa shape index (κ3) is 4.42. The molecule has 1 saturated heterocycles. The van der Waals surface area contributed by atoms with Gasteiger partial charge in [0.25, 0.3) is 5.91 Å². The number of carbonyl (C=O) groups excluding carboxylic acids is 3. The number of benzene rings is 1. The Labute approximate surface area is 163 Å². The van der Waals surface area contributed by atoms with E-state index in [0.717, 1.165) is 5.56 Å². The number of amides is 2. The van der Waals surface area contributed by atoms with Crippen LogP contribution in [-0.4, -0.2) is 42.4 Å². The predicted molar refractivity (Wildman–Crippen MR) is 101 cm³/mol. The molecule has 0 aliphatic carbocycles. The first-order valence-corrected chi connectivity index (χ1v) is 9.28. The fourth-order valence-corrected chi connectivity index (χ4v) is 3.49. The van der Waals surface area contributed by atoms with Crippen LogP contribution in [0.1, 0.15) is 31.1 Å². The van der Waals surface area contributed by atoms with E-state index < -0.39 is 17.3 Å². The molecule has 28 heavy (non-hydrogen) atoms. The number of esters is 1. The van der Waals surface area contributed by atoms with Crippen molar-refractivity contribution in [3.05, 3.63) is 60.1 Å². The van der Waals surface area contributed by atoms with Gasteiger partial charge in [0.15, 0.2) is 6.61 Å². The normalized spacial score (nSPS) is 15.7. The van der Waals surface area contributed by atoms with Gasteiger partial charge in [0.2, 0.25) is 5.91 Å². The minimum atomic E-state index is -0.853. The molecule has 0 radical (unpaired) electrons. The van der Waals surface area contributed by atoms with Crippen LogP contribution in [0.5, 0.6) is 0 Å². The highest BCUT2D eigenvalue weighted by Gasteiger charge is 2.44. The summed E-state index contributed by atoms with van der Waals surface area (Å²) < 4.78 is 10.5. The molecule has 1 aromatic carbocycles. The minimum absolute atomic E-state index is 0.00710. The lowest BCUT2D eigenvalue weighted by atomic mass is 9.72. The molecule has 0 saturated carbocycles. The average molecular weight is 384 g/mol. The average Bonchev–Trinajstić information content (AvgIpc) is 3.24. The summed E-state index contributed by atoms with van der Waals surface area (Å²) in [6.07, 6.45) is 2.45. The van der Waals surface area contributed by atoms with E-state index in [1.54, 1.807) is 17.0 Å². The van der Waals surface area contributed by atoms with Crippen molar-refractivity contribution in [2.24, 2.45) is 0 Å². The summed E-state index contributed by atoms with van der Waals surface area (Å²) in [4.78, 5) is 38.4. The van der Waals surface area contributed by atoms with Crippen LogP contribution in [0.15, 0.2) is 53.1 Å². The number of carbonyl (C=O) groups is 3. The second-order valence-corrected chi connectivity index (χ2v) is 6.89. The Morgan fingerprint density at radius 3 is 2.43 bits per heavy atom. The van der Waals surface area contributed by atoms with Crippen LogP contribution in [0, 0.1) is 0 Å². The van der Waals surface area contributed by atoms with E-state index in [-0.39, 0.29) is 19.1 Å². The molecule has 2 amide bonds. The third-order valence-electron chi connectivity index (χ3n) is 5.15. The zero-order valence-corrected chi connectivity index (χ0v) is 15.8. The topological polar surface area (TPSA) is 88.8 Å². The second kappa shape index (κ2) is 8.73. The summed E-state index contributed by atoms with van der Waals surface area (Å²) in [5, 5.41) is 2.65. The van der Waals surface area contributed by atoms with Gasteiger partial charge in [-0.2, -0.15) is 0 Å². The summed E-state index contributed by atoms with van der Waals surface area (Å²) >= 11 is 0. The Morgan fingerprint density at radius 2 is 1.82 bits per heavy atom. The maximum atomic E-state index is 13.0. The van der Waals surface area contributed by atoms with Crippen molar-refractivity contribution in [2.45, 2.75) is 31.7 Å². The molecule has 1 fully saturated rings. The number of nitrogens with one attached hydrogen (secondary N) is 1. The third-order valence-corrected chi connectivity index (χ3v) is 5.15. The molecule has 2 aromatic rings. The highest BCUT2D eigenvalue weighted by atomic mass is 16.5. The number of hydrogen-bond acceptors (Lipinski definition) is 5. The Kier molecular flexibility index (Phi) is 6.13. The predicted octanol–water partition coefficient (Wildman–Crippen LogP) is 2.02. The van der Waals surface area contributed by atoms with Crippen LogP contribution in [0.2, 0.25) is 0 Å². The zero-order valence-electron chi connectivity index (χ0n) is 15.8. The number of piperidine rings is 1. The summed E-state index contributed by atoms with van der Waals surface area (Å²) in [5.74, 6) is -0.214. The van der Waals surface area contributed by atoms with Gasteiger partial charge >= 0.3 is 5.97 Å². The molecular formula is C21H24N2O5. The molecular weight excluding hydrogens is 360 g/mol. The number of rotatable bonds is 6. The molecule has 0 atom stereocenters. The fraction of sp³-hybridized carbons (Fsp3) is 0.381. The molecule has 148 valence electrons. The van der Waals surface area contributed by atoms with Crippen molar-refractivity contribution in [2.75, 3.05) is 19.7 Å². The van der Waals surface area contributed by atoms with Crippen molar-refractivity contribution >= 4 is 17.8 Å². The molecule has 2 heterocycles. The molecule has 3 rings (SSSR count). The van der Waals surface area contributed by atoms with E-state index in [1.165, 1.54) is 13.2 Å². The smallest absolute Gasteiger partial charge is 0.317 e. The Morgan fingerprint density at radius 1 is 1.11 bits per heavy atom. The van der Waals surface area contributed by atoms with E-state index in [2.05, 4.69) is 5.32 Å². The summed E-state index contributed by atoms with van der Waals surface area (Å²) in [7, 11) is 0. The molecule has 1 aromatic heterocycles.